The molecule has 0 radical (unpaired) electrons. The van der Waals surface area contributed by atoms with E-state index in [9.17, 15) is 0 Å². The van der Waals surface area contributed by atoms with Crippen molar-refractivity contribution in [1.82, 2.24) is 0 Å². The Kier molecular flexibility index (Phi) is 9.62. The minimum Gasteiger partial charge on any atom is -0.330 e. The molecule has 94 valence electrons. The maximum atomic E-state index is 5.50. The Labute approximate surface area is 111 Å². The third-order valence-electron chi connectivity index (χ3n) is 2.48. The summed E-state index contributed by atoms with van der Waals surface area (Å²) < 4.78 is 0. The predicted molar refractivity (Wildman–Crippen MR) is 77.5 cm³/mol. The molecule has 0 saturated carbocycles. The Balaban J connectivity index is 0.00000256. The number of aryl methyl sites for hydroxylation is 1. The fourth-order valence-corrected chi connectivity index (χ4v) is 1.54. The average molecular weight is 252 g/mol. The fourth-order valence-electron chi connectivity index (χ4n) is 1.54. The molecule has 0 amide bonds. The molecule has 0 spiro atoms. The van der Waals surface area contributed by atoms with E-state index in [4.69, 9.17) is 5.73 Å². The van der Waals surface area contributed by atoms with E-state index in [1.54, 1.807) is 0 Å². The van der Waals surface area contributed by atoms with E-state index in [1.165, 1.54) is 18.4 Å². The summed E-state index contributed by atoms with van der Waals surface area (Å²) in [6.45, 7) is 2.95. The summed E-state index contributed by atoms with van der Waals surface area (Å²) in [5, 5.41) is 0. The second-order valence-electron chi connectivity index (χ2n) is 4.00. The molecular formula is C15H22ClN. The van der Waals surface area contributed by atoms with E-state index in [0.717, 1.165) is 31.4 Å². The van der Waals surface area contributed by atoms with Crippen molar-refractivity contribution in [3.8, 4) is 11.8 Å². The third kappa shape index (κ3) is 7.05. The highest BCUT2D eigenvalue weighted by Gasteiger charge is 1.93. The molecule has 1 nitrogen and oxygen atoms in total. The molecular weight excluding hydrogens is 230 g/mol. The van der Waals surface area contributed by atoms with Gasteiger partial charge in [0, 0.05) is 12.0 Å². The van der Waals surface area contributed by atoms with Crippen LogP contribution in [0.15, 0.2) is 24.3 Å². The van der Waals surface area contributed by atoms with Gasteiger partial charge in [0.1, 0.15) is 0 Å². The van der Waals surface area contributed by atoms with Gasteiger partial charge in [-0.05, 0) is 43.5 Å². The molecule has 0 aliphatic carbocycles. The van der Waals surface area contributed by atoms with Crippen LogP contribution in [0.4, 0.5) is 0 Å². The lowest BCUT2D eigenvalue weighted by molar-refractivity contribution is 0.828. The highest BCUT2D eigenvalue weighted by atomic mass is 35.5. The maximum Gasteiger partial charge on any atom is 0.0247 e. The van der Waals surface area contributed by atoms with E-state index in [1.807, 2.05) is 0 Å². The smallest absolute Gasteiger partial charge is 0.0247 e. The Morgan fingerprint density at radius 3 is 2.76 bits per heavy atom. The van der Waals surface area contributed by atoms with Gasteiger partial charge in [-0.1, -0.05) is 37.3 Å². The quantitative estimate of drug-likeness (QED) is 0.629. The van der Waals surface area contributed by atoms with Crippen molar-refractivity contribution in [2.45, 2.75) is 39.0 Å². The molecule has 1 aromatic rings. The third-order valence-corrected chi connectivity index (χ3v) is 2.48. The summed E-state index contributed by atoms with van der Waals surface area (Å²) in [5.41, 5.74) is 7.97. The van der Waals surface area contributed by atoms with Crippen LogP contribution >= 0.6 is 12.4 Å². The molecule has 0 atom stereocenters. The van der Waals surface area contributed by atoms with Crippen molar-refractivity contribution in [2.75, 3.05) is 6.54 Å². The monoisotopic (exact) mass is 251 g/mol. The fraction of sp³-hybridized carbons (Fsp3) is 0.467. The Hall–Kier alpha value is -0.970. The summed E-state index contributed by atoms with van der Waals surface area (Å²) in [5.74, 6) is 6.43. The molecule has 2 N–H and O–H groups in total. The first-order valence-electron chi connectivity index (χ1n) is 6.14. The summed E-state index contributed by atoms with van der Waals surface area (Å²) >= 11 is 0. The zero-order chi connectivity index (χ0) is 11.6. The summed E-state index contributed by atoms with van der Waals surface area (Å²) in [6.07, 6.45) is 5.52. The molecule has 1 rings (SSSR count). The minimum atomic E-state index is 0. The lowest BCUT2D eigenvalue weighted by atomic mass is 10.1. The molecule has 0 unspecified atom stereocenters. The highest BCUT2D eigenvalue weighted by Crippen LogP contribution is 2.06. The summed E-state index contributed by atoms with van der Waals surface area (Å²) in [4.78, 5) is 0. The van der Waals surface area contributed by atoms with Gasteiger partial charge in [0.25, 0.3) is 0 Å². The van der Waals surface area contributed by atoms with E-state index in [-0.39, 0.29) is 12.4 Å². The first-order chi connectivity index (χ1) is 7.86. The van der Waals surface area contributed by atoms with Crippen LogP contribution in [0.2, 0.25) is 0 Å². The molecule has 17 heavy (non-hydrogen) atoms. The van der Waals surface area contributed by atoms with Gasteiger partial charge < -0.3 is 5.73 Å². The highest BCUT2D eigenvalue weighted by molar-refractivity contribution is 5.85. The Morgan fingerprint density at radius 2 is 2.06 bits per heavy atom. The molecule has 0 aliphatic heterocycles. The van der Waals surface area contributed by atoms with E-state index >= 15 is 0 Å². The normalized spacial score (nSPS) is 9.06. The van der Waals surface area contributed by atoms with Gasteiger partial charge in [-0.15, -0.1) is 12.4 Å². The van der Waals surface area contributed by atoms with Crippen LogP contribution in [0.5, 0.6) is 0 Å². The van der Waals surface area contributed by atoms with Gasteiger partial charge in [-0.3, -0.25) is 0 Å². The number of hydrogen-bond donors (Lipinski definition) is 1. The van der Waals surface area contributed by atoms with Crippen molar-refractivity contribution in [3.63, 3.8) is 0 Å². The largest absolute Gasteiger partial charge is 0.330 e. The molecule has 2 heteroatoms. The molecule has 0 heterocycles. The van der Waals surface area contributed by atoms with Crippen molar-refractivity contribution in [3.05, 3.63) is 35.4 Å². The van der Waals surface area contributed by atoms with Crippen molar-refractivity contribution >= 4 is 12.4 Å². The molecule has 0 aromatic heterocycles. The van der Waals surface area contributed by atoms with Crippen molar-refractivity contribution in [1.29, 1.82) is 0 Å². The second-order valence-corrected chi connectivity index (χ2v) is 4.00. The molecule has 0 aliphatic rings. The summed E-state index contributed by atoms with van der Waals surface area (Å²) in [7, 11) is 0. The standard InChI is InChI=1S/C15H21N.ClH/c1-2-3-4-5-8-14-9-6-10-15(13-14)11-7-12-16;/h6,9-10,13H,2-4,7,11-12,16H2,1H3;1H. The number of unbranched alkanes of at least 4 members (excludes halogenated alkanes) is 2. The van der Waals surface area contributed by atoms with Gasteiger partial charge in [0.2, 0.25) is 0 Å². The number of halogens is 1. The van der Waals surface area contributed by atoms with Crippen LogP contribution in [0.1, 0.15) is 43.7 Å². The molecule has 0 bridgehead atoms. The SMILES string of the molecule is CCCCC#Cc1cccc(CCCN)c1.Cl. The first kappa shape index (κ1) is 16.0. The number of hydrogen-bond acceptors (Lipinski definition) is 1. The number of rotatable bonds is 5. The first-order valence-corrected chi connectivity index (χ1v) is 6.14. The maximum absolute atomic E-state index is 5.50. The zero-order valence-corrected chi connectivity index (χ0v) is 11.4. The van der Waals surface area contributed by atoms with Crippen LogP contribution in [0.25, 0.3) is 0 Å². The lowest BCUT2D eigenvalue weighted by Crippen LogP contribution is -2.00. The van der Waals surface area contributed by atoms with Crippen LogP contribution in [-0.4, -0.2) is 6.54 Å². The molecule has 0 saturated heterocycles. The van der Waals surface area contributed by atoms with Crippen LogP contribution < -0.4 is 5.73 Å². The van der Waals surface area contributed by atoms with Crippen LogP contribution in [0.3, 0.4) is 0 Å². The molecule has 1 aromatic carbocycles. The van der Waals surface area contributed by atoms with Gasteiger partial charge in [0.05, 0.1) is 0 Å². The van der Waals surface area contributed by atoms with Crippen LogP contribution in [0, 0.1) is 11.8 Å². The van der Waals surface area contributed by atoms with Crippen molar-refractivity contribution < 1.29 is 0 Å². The predicted octanol–water partition coefficient (Wildman–Crippen LogP) is 3.54. The molecule has 0 fully saturated rings. The van der Waals surface area contributed by atoms with Gasteiger partial charge in [0.15, 0.2) is 0 Å². The van der Waals surface area contributed by atoms with Crippen molar-refractivity contribution in [2.24, 2.45) is 5.73 Å². The second kappa shape index (κ2) is 10.2. The Morgan fingerprint density at radius 1 is 1.24 bits per heavy atom. The van der Waals surface area contributed by atoms with Crippen LogP contribution in [-0.2, 0) is 6.42 Å². The van der Waals surface area contributed by atoms with Gasteiger partial charge >= 0.3 is 0 Å². The average Bonchev–Trinajstić information content (AvgIpc) is 2.33. The topological polar surface area (TPSA) is 26.0 Å². The number of nitrogens with two attached hydrogens (primary N) is 1. The summed E-state index contributed by atoms with van der Waals surface area (Å²) in [6, 6.07) is 8.47. The van der Waals surface area contributed by atoms with E-state index < -0.39 is 0 Å². The van der Waals surface area contributed by atoms with E-state index in [0.29, 0.717) is 0 Å². The lowest BCUT2D eigenvalue weighted by Gasteiger charge is -1.99. The van der Waals surface area contributed by atoms with Gasteiger partial charge in [-0.2, -0.15) is 0 Å². The Bertz CT molecular complexity index is 363. The minimum absolute atomic E-state index is 0. The van der Waals surface area contributed by atoms with E-state index in [2.05, 4.69) is 43.0 Å². The number of benzene rings is 1. The zero-order valence-electron chi connectivity index (χ0n) is 10.5. The van der Waals surface area contributed by atoms with Gasteiger partial charge in [-0.25, -0.2) is 0 Å².